The van der Waals surface area contributed by atoms with Gasteiger partial charge in [0.05, 0.1) is 27.7 Å². The molecule has 0 bridgehead atoms. The standard InChI is InChI=1S/C71H132NO8P/c1-6-8-10-12-14-16-18-20-22-24-26-28-30-32-34-35-36-37-38-40-42-44-46-48-50-52-54-56-58-60-62-64-71(74)80-69(68-79-81(75,76)78-66-65-72(3,4)5)67-77-70(73)63-61-59-57-55-53-51-49-47-45-43-41-39-33-31-29-27-25-23-21-19-17-15-13-11-9-7-2/h8,10,14,16,20,22,26,28,32,34,69H,6-7,9,11-13,15,17-19,21,23-25,27,29-31,33,35-68H2,1-5H3/p+1/b10-8-,16-14-,22-20-,28-26-,34-32-. The zero-order valence-corrected chi connectivity index (χ0v) is 54.9. The van der Waals surface area contributed by atoms with E-state index in [1.807, 2.05) is 21.1 Å². The van der Waals surface area contributed by atoms with Crippen LogP contribution in [0.15, 0.2) is 60.8 Å². The fraction of sp³-hybridized carbons (Fsp3) is 0.831. The lowest BCUT2D eigenvalue weighted by Crippen LogP contribution is -2.37. The molecule has 0 aromatic rings. The molecule has 9 nitrogen and oxygen atoms in total. The van der Waals surface area contributed by atoms with Crippen LogP contribution in [-0.2, 0) is 32.7 Å². The molecule has 0 radical (unpaired) electrons. The Morgan fingerprint density at radius 2 is 0.704 bits per heavy atom. The largest absolute Gasteiger partial charge is 0.472 e. The highest BCUT2D eigenvalue weighted by Crippen LogP contribution is 2.43. The van der Waals surface area contributed by atoms with Crippen LogP contribution in [0.25, 0.3) is 0 Å². The molecule has 474 valence electrons. The highest BCUT2D eigenvalue weighted by molar-refractivity contribution is 7.47. The second-order valence-electron chi connectivity index (χ2n) is 24.5. The first-order valence-corrected chi connectivity index (χ1v) is 36.0. The van der Waals surface area contributed by atoms with Crippen molar-refractivity contribution in [3.63, 3.8) is 0 Å². The number of carbonyl (C=O) groups is 2. The Labute approximate surface area is 502 Å². The number of unbranched alkanes of at least 4 members (excludes halogenated alkanes) is 40. The third kappa shape index (κ3) is 66.7. The van der Waals surface area contributed by atoms with Crippen LogP contribution in [-0.4, -0.2) is 74.9 Å². The van der Waals surface area contributed by atoms with Gasteiger partial charge in [0.1, 0.15) is 19.8 Å². The number of carbonyl (C=O) groups excluding carboxylic acids is 2. The van der Waals surface area contributed by atoms with E-state index in [4.69, 9.17) is 18.5 Å². The smallest absolute Gasteiger partial charge is 0.462 e. The Bertz CT molecular complexity index is 1550. The van der Waals surface area contributed by atoms with Crippen LogP contribution in [0.4, 0.5) is 0 Å². The van der Waals surface area contributed by atoms with Crippen molar-refractivity contribution in [1.82, 2.24) is 0 Å². The molecule has 0 saturated carbocycles. The highest BCUT2D eigenvalue weighted by Gasteiger charge is 2.27. The molecule has 81 heavy (non-hydrogen) atoms. The maximum absolute atomic E-state index is 12.9. The second-order valence-corrected chi connectivity index (χ2v) is 26.0. The first kappa shape index (κ1) is 78.7. The minimum Gasteiger partial charge on any atom is -0.462 e. The summed E-state index contributed by atoms with van der Waals surface area (Å²) < 4.78 is 34.7. The minimum absolute atomic E-state index is 0.0328. The number of esters is 2. The molecule has 0 spiro atoms. The Balaban J connectivity index is 4.03. The van der Waals surface area contributed by atoms with Crippen molar-refractivity contribution in [2.24, 2.45) is 0 Å². The lowest BCUT2D eigenvalue weighted by molar-refractivity contribution is -0.870. The summed E-state index contributed by atoms with van der Waals surface area (Å²) in [5.74, 6) is -0.781. The molecule has 0 saturated heterocycles. The van der Waals surface area contributed by atoms with E-state index in [2.05, 4.69) is 74.6 Å². The topological polar surface area (TPSA) is 108 Å². The number of nitrogens with zero attached hydrogens (tertiary/aromatic N) is 1. The molecule has 2 unspecified atom stereocenters. The Morgan fingerprint density at radius 1 is 0.395 bits per heavy atom. The fourth-order valence-corrected chi connectivity index (χ4v) is 10.8. The molecule has 0 rings (SSSR count). The summed E-state index contributed by atoms with van der Waals surface area (Å²) >= 11 is 0. The van der Waals surface area contributed by atoms with E-state index in [1.165, 1.54) is 231 Å². The molecule has 10 heteroatoms. The summed E-state index contributed by atoms with van der Waals surface area (Å²) in [6, 6.07) is 0. The predicted molar refractivity (Wildman–Crippen MR) is 349 cm³/mol. The van der Waals surface area contributed by atoms with Crippen LogP contribution in [0.5, 0.6) is 0 Å². The van der Waals surface area contributed by atoms with Crippen molar-refractivity contribution in [2.75, 3.05) is 47.5 Å². The number of allylic oxidation sites excluding steroid dienone is 10. The van der Waals surface area contributed by atoms with Gasteiger partial charge in [-0.1, -0.05) is 319 Å². The van der Waals surface area contributed by atoms with Gasteiger partial charge in [-0.3, -0.25) is 18.6 Å². The van der Waals surface area contributed by atoms with E-state index in [1.54, 1.807) is 0 Å². The lowest BCUT2D eigenvalue weighted by atomic mass is 10.0. The zero-order chi connectivity index (χ0) is 59.1. The molecule has 0 aliphatic carbocycles. The van der Waals surface area contributed by atoms with Gasteiger partial charge in [-0.05, 0) is 57.8 Å². The summed E-state index contributed by atoms with van der Waals surface area (Å²) in [5, 5.41) is 0. The van der Waals surface area contributed by atoms with E-state index in [-0.39, 0.29) is 25.6 Å². The van der Waals surface area contributed by atoms with E-state index in [0.717, 1.165) is 64.2 Å². The molecule has 0 aliphatic heterocycles. The second kappa shape index (κ2) is 62.2. The summed E-state index contributed by atoms with van der Waals surface area (Å²) in [7, 11) is 1.49. The zero-order valence-electron chi connectivity index (χ0n) is 54.0. The van der Waals surface area contributed by atoms with Gasteiger partial charge >= 0.3 is 19.8 Å². The van der Waals surface area contributed by atoms with Crippen molar-refractivity contribution in [1.29, 1.82) is 0 Å². The number of rotatable bonds is 64. The summed E-state index contributed by atoms with van der Waals surface area (Å²) in [4.78, 5) is 35.9. The third-order valence-corrected chi connectivity index (χ3v) is 16.3. The van der Waals surface area contributed by atoms with Gasteiger partial charge in [-0.2, -0.15) is 0 Å². The van der Waals surface area contributed by atoms with E-state index < -0.39 is 26.5 Å². The number of hydrogen-bond acceptors (Lipinski definition) is 7. The number of quaternary nitrogens is 1. The Morgan fingerprint density at radius 3 is 1.05 bits per heavy atom. The van der Waals surface area contributed by atoms with Crippen LogP contribution in [0.2, 0.25) is 0 Å². The van der Waals surface area contributed by atoms with Crippen molar-refractivity contribution >= 4 is 19.8 Å². The van der Waals surface area contributed by atoms with Crippen LogP contribution in [0.3, 0.4) is 0 Å². The predicted octanol–water partition coefficient (Wildman–Crippen LogP) is 22.2. The normalized spacial score (nSPS) is 13.5. The van der Waals surface area contributed by atoms with Crippen LogP contribution >= 0.6 is 7.82 Å². The fourth-order valence-electron chi connectivity index (χ4n) is 10.0. The van der Waals surface area contributed by atoms with Gasteiger partial charge < -0.3 is 18.9 Å². The van der Waals surface area contributed by atoms with Crippen LogP contribution in [0, 0.1) is 0 Å². The Kier molecular flexibility index (Phi) is 60.5. The summed E-state index contributed by atoms with van der Waals surface area (Å²) in [6.07, 6.45) is 81.8. The van der Waals surface area contributed by atoms with Crippen molar-refractivity contribution in [2.45, 2.75) is 335 Å². The maximum atomic E-state index is 12.9. The van der Waals surface area contributed by atoms with Crippen molar-refractivity contribution in [3.05, 3.63) is 60.8 Å². The number of hydrogen-bond donors (Lipinski definition) is 1. The molecule has 0 aromatic carbocycles. The first-order chi connectivity index (χ1) is 39.5. The molecule has 0 heterocycles. The van der Waals surface area contributed by atoms with Gasteiger partial charge in [-0.15, -0.1) is 0 Å². The number of phosphoric acid groups is 1. The SMILES string of the molecule is CC/C=C\C/C=C\C/C=C\C/C=C\C/C=C\CCCCCCCCCCCCCCCCCC(=O)OC(COC(=O)CCCCCCCCCCCCCCCCCCCCCCCCCCCC)COP(=O)(O)OCC[N+](C)(C)C. The lowest BCUT2D eigenvalue weighted by Gasteiger charge is -2.24. The molecule has 1 N–H and O–H groups in total. The van der Waals surface area contributed by atoms with E-state index in [0.29, 0.717) is 23.9 Å². The van der Waals surface area contributed by atoms with Crippen LogP contribution in [0.1, 0.15) is 328 Å². The monoisotopic (exact) mass is 1160 g/mol. The van der Waals surface area contributed by atoms with E-state index in [9.17, 15) is 19.0 Å². The number of phosphoric ester groups is 1. The average Bonchev–Trinajstić information content (AvgIpc) is 3.43. The van der Waals surface area contributed by atoms with Gasteiger partial charge in [0.2, 0.25) is 0 Å². The summed E-state index contributed by atoms with van der Waals surface area (Å²) in [5.41, 5.74) is 0. The summed E-state index contributed by atoms with van der Waals surface area (Å²) in [6.45, 7) is 4.38. The minimum atomic E-state index is -4.39. The molecule has 0 aromatic heterocycles. The number of ether oxygens (including phenoxy) is 2. The van der Waals surface area contributed by atoms with Gasteiger partial charge in [0.15, 0.2) is 6.10 Å². The third-order valence-electron chi connectivity index (χ3n) is 15.3. The first-order valence-electron chi connectivity index (χ1n) is 34.5. The van der Waals surface area contributed by atoms with Crippen molar-refractivity contribution in [3.8, 4) is 0 Å². The average molecular weight is 1160 g/mol. The number of likely N-dealkylation sites (N-methyl/N-ethyl adjacent to an activating group) is 1. The maximum Gasteiger partial charge on any atom is 0.472 e. The molecule has 0 amide bonds. The van der Waals surface area contributed by atoms with Gasteiger partial charge in [0, 0.05) is 12.8 Å². The quantitative estimate of drug-likeness (QED) is 0.0211. The molecule has 0 fully saturated rings. The molecule has 2 atom stereocenters. The molecule has 0 aliphatic rings. The molecular weight excluding hydrogens is 1030 g/mol. The van der Waals surface area contributed by atoms with Gasteiger partial charge in [-0.25, -0.2) is 4.57 Å². The molecular formula is C71H133NO8P+. The van der Waals surface area contributed by atoms with Crippen molar-refractivity contribution < 1.29 is 42.1 Å². The van der Waals surface area contributed by atoms with Crippen LogP contribution < -0.4 is 0 Å². The highest BCUT2D eigenvalue weighted by atomic mass is 31.2. The Hall–Kier alpha value is -2.29. The van der Waals surface area contributed by atoms with E-state index >= 15 is 0 Å². The van der Waals surface area contributed by atoms with Gasteiger partial charge in [0.25, 0.3) is 0 Å².